The number of nitrogens with zero attached hydrogens (tertiary/aromatic N) is 2. The molecule has 2 rings (SSSR count). The number of thioether (sulfide) groups is 1. The van der Waals surface area contributed by atoms with E-state index in [0.29, 0.717) is 11.0 Å². The number of nitrogens with one attached hydrogen (secondary N) is 1. The lowest BCUT2D eigenvalue weighted by Crippen LogP contribution is -2.30. The molecule has 5 nitrogen and oxygen atoms in total. The number of benzene rings is 1. The van der Waals surface area contributed by atoms with E-state index in [9.17, 15) is 4.79 Å². The van der Waals surface area contributed by atoms with Crippen LogP contribution in [0.25, 0.3) is 0 Å². The third kappa shape index (κ3) is 4.68. The third-order valence-corrected chi connectivity index (χ3v) is 5.09. The maximum Gasteiger partial charge on any atom is 0.266 e. The van der Waals surface area contributed by atoms with Gasteiger partial charge in [-0.3, -0.25) is 10.1 Å². The molecule has 0 aliphatic carbocycles. The molecular formula is C16H21N3O2S2. The van der Waals surface area contributed by atoms with Crippen LogP contribution in [0, 0.1) is 6.92 Å². The molecule has 1 aromatic heterocycles. The molecule has 1 amide bonds. The highest BCUT2D eigenvalue weighted by Gasteiger charge is 2.19. The van der Waals surface area contributed by atoms with Gasteiger partial charge >= 0.3 is 0 Å². The molecule has 0 aliphatic heterocycles. The molecule has 0 saturated heterocycles. The number of hydrogen-bond donors (Lipinski definition) is 1. The summed E-state index contributed by atoms with van der Waals surface area (Å²) in [6, 6.07) is 6.07. The lowest BCUT2D eigenvalue weighted by molar-refractivity contribution is -0.122. The average molecular weight is 351 g/mol. The molecular weight excluding hydrogens is 330 g/mol. The Balaban J connectivity index is 2.07. The van der Waals surface area contributed by atoms with Crippen LogP contribution >= 0.6 is 23.1 Å². The molecule has 1 aromatic carbocycles. The molecule has 1 N–H and O–H groups in total. The van der Waals surface area contributed by atoms with E-state index in [4.69, 9.17) is 4.74 Å². The molecule has 0 fully saturated rings. The first-order chi connectivity index (χ1) is 10.9. The maximum atomic E-state index is 12.3. The first-order valence-electron chi connectivity index (χ1n) is 7.36. The molecule has 7 heteroatoms. The topological polar surface area (TPSA) is 64.1 Å². The van der Waals surface area contributed by atoms with Gasteiger partial charge in [0.05, 0.1) is 0 Å². The van der Waals surface area contributed by atoms with Gasteiger partial charge in [-0.05, 0) is 43.2 Å². The van der Waals surface area contributed by atoms with Crippen LogP contribution < -0.4 is 10.1 Å². The first-order valence-corrected chi connectivity index (χ1v) is 9.40. The summed E-state index contributed by atoms with van der Waals surface area (Å²) >= 11 is 2.85. The van der Waals surface area contributed by atoms with E-state index in [0.717, 1.165) is 21.2 Å². The Morgan fingerprint density at radius 1 is 1.30 bits per heavy atom. The van der Waals surface area contributed by atoms with Gasteiger partial charge in [-0.2, -0.15) is 0 Å². The predicted molar refractivity (Wildman–Crippen MR) is 95.7 cm³/mol. The molecule has 2 aromatic rings. The number of amides is 1. The molecule has 0 spiro atoms. The minimum atomic E-state index is -0.615. The fourth-order valence-electron chi connectivity index (χ4n) is 2.01. The van der Waals surface area contributed by atoms with Crippen LogP contribution in [0.4, 0.5) is 5.13 Å². The Morgan fingerprint density at radius 2 is 2.04 bits per heavy atom. The molecule has 1 atom stereocenters. The summed E-state index contributed by atoms with van der Waals surface area (Å²) in [4.78, 5) is 12.3. The van der Waals surface area contributed by atoms with Gasteiger partial charge in [0.15, 0.2) is 10.4 Å². The van der Waals surface area contributed by atoms with Gasteiger partial charge in [-0.15, -0.1) is 10.2 Å². The Hall–Kier alpha value is -1.60. The zero-order valence-corrected chi connectivity index (χ0v) is 15.5. The molecule has 23 heavy (non-hydrogen) atoms. The lowest BCUT2D eigenvalue weighted by Gasteiger charge is -2.18. The standard InChI is InChI=1S/C16H21N3O2S2/c1-9(2)12-7-6-10(3)8-13(12)21-11(4)14(20)17-15-18-19-16(22-5)23-15/h6-9,11H,1-5H3,(H,17,18,20). The minimum absolute atomic E-state index is 0.231. The van der Waals surface area contributed by atoms with Gasteiger partial charge in [-0.25, -0.2) is 0 Å². The van der Waals surface area contributed by atoms with Crippen molar-refractivity contribution in [2.45, 2.75) is 44.1 Å². The zero-order valence-electron chi connectivity index (χ0n) is 13.9. The van der Waals surface area contributed by atoms with E-state index in [1.807, 2.05) is 19.2 Å². The number of carbonyl (C=O) groups is 1. The number of hydrogen-bond acceptors (Lipinski definition) is 6. The highest BCUT2D eigenvalue weighted by atomic mass is 32.2. The van der Waals surface area contributed by atoms with E-state index in [-0.39, 0.29) is 5.91 Å². The molecule has 0 radical (unpaired) electrons. The second kappa shape index (κ2) is 7.79. The van der Waals surface area contributed by atoms with Crippen molar-refractivity contribution in [3.8, 4) is 5.75 Å². The SMILES string of the molecule is CSc1nnc(NC(=O)C(C)Oc2cc(C)ccc2C(C)C)s1. The van der Waals surface area contributed by atoms with Gasteiger partial charge in [0.2, 0.25) is 5.13 Å². The second-order valence-electron chi connectivity index (χ2n) is 5.52. The van der Waals surface area contributed by atoms with Crippen LogP contribution in [-0.4, -0.2) is 28.5 Å². The highest BCUT2D eigenvalue weighted by molar-refractivity contribution is 8.00. The van der Waals surface area contributed by atoms with Crippen LogP contribution in [0.3, 0.4) is 0 Å². The van der Waals surface area contributed by atoms with E-state index < -0.39 is 6.10 Å². The third-order valence-electron chi connectivity index (χ3n) is 3.28. The molecule has 1 unspecified atom stereocenters. The van der Waals surface area contributed by atoms with Gasteiger partial charge < -0.3 is 4.74 Å². The van der Waals surface area contributed by atoms with E-state index in [1.165, 1.54) is 23.1 Å². The summed E-state index contributed by atoms with van der Waals surface area (Å²) in [6.45, 7) is 7.95. The highest BCUT2D eigenvalue weighted by Crippen LogP contribution is 2.29. The number of ether oxygens (including phenoxy) is 1. The smallest absolute Gasteiger partial charge is 0.266 e. The Morgan fingerprint density at radius 3 is 2.65 bits per heavy atom. The maximum absolute atomic E-state index is 12.3. The normalized spacial score (nSPS) is 12.3. The van der Waals surface area contributed by atoms with Gasteiger partial charge in [0, 0.05) is 0 Å². The number of anilines is 1. The van der Waals surface area contributed by atoms with Crippen molar-refractivity contribution in [1.29, 1.82) is 0 Å². The molecule has 0 bridgehead atoms. The summed E-state index contributed by atoms with van der Waals surface area (Å²) in [5.41, 5.74) is 2.20. The van der Waals surface area contributed by atoms with Crippen LogP contribution in [0.15, 0.2) is 22.5 Å². The van der Waals surface area contributed by atoms with Crippen molar-refractivity contribution in [2.75, 3.05) is 11.6 Å². The number of carbonyl (C=O) groups excluding carboxylic acids is 1. The van der Waals surface area contributed by atoms with Crippen molar-refractivity contribution in [3.63, 3.8) is 0 Å². The van der Waals surface area contributed by atoms with Crippen molar-refractivity contribution >= 4 is 34.1 Å². The van der Waals surface area contributed by atoms with Gasteiger partial charge in [-0.1, -0.05) is 49.1 Å². The largest absolute Gasteiger partial charge is 0.481 e. The summed E-state index contributed by atoms with van der Waals surface area (Å²) in [6.07, 6.45) is 1.30. The van der Waals surface area contributed by atoms with Crippen LogP contribution in [-0.2, 0) is 4.79 Å². The summed E-state index contributed by atoms with van der Waals surface area (Å²) in [5, 5.41) is 11.1. The zero-order chi connectivity index (χ0) is 17.0. The van der Waals surface area contributed by atoms with Gasteiger partial charge in [0.1, 0.15) is 5.75 Å². The van der Waals surface area contributed by atoms with Crippen LogP contribution in [0.5, 0.6) is 5.75 Å². The molecule has 0 aliphatic rings. The monoisotopic (exact) mass is 351 g/mol. The van der Waals surface area contributed by atoms with E-state index in [2.05, 4.69) is 41.5 Å². The average Bonchev–Trinajstić information content (AvgIpc) is 2.94. The molecule has 1 heterocycles. The lowest BCUT2D eigenvalue weighted by atomic mass is 10.0. The van der Waals surface area contributed by atoms with E-state index >= 15 is 0 Å². The first kappa shape index (κ1) is 17.7. The summed E-state index contributed by atoms with van der Waals surface area (Å²) < 4.78 is 6.71. The summed E-state index contributed by atoms with van der Waals surface area (Å²) in [5.74, 6) is 0.850. The Bertz CT molecular complexity index is 686. The Kier molecular flexibility index (Phi) is 6.01. The fourth-order valence-corrected chi connectivity index (χ4v) is 3.19. The second-order valence-corrected chi connectivity index (χ2v) is 7.55. The number of aryl methyl sites for hydroxylation is 1. The fraction of sp³-hybridized carbons (Fsp3) is 0.438. The number of aromatic nitrogens is 2. The predicted octanol–water partition coefficient (Wildman–Crippen LogP) is 4.10. The quantitative estimate of drug-likeness (QED) is 0.627. The Labute approximate surface area is 144 Å². The number of rotatable bonds is 6. The van der Waals surface area contributed by atoms with Crippen molar-refractivity contribution < 1.29 is 9.53 Å². The molecule has 0 saturated carbocycles. The van der Waals surface area contributed by atoms with Crippen molar-refractivity contribution in [3.05, 3.63) is 29.3 Å². The van der Waals surface area contributed by atoms with Crippen molar-refractivity contribution in [1.82, 2.24) is 10.2 Å². The molecule has 124 valence electrons. The van der Waals surface area contributed by atoms with Crippen LogP contribution in [0.1, 0.15) is 37.8 Å². The summed E-state index contributed by atoms with van der Waals surface area (Å²) in [7, 11) is 0. The van der Waals surface area contributed by atoms with Crippen LogP contribution in [0.2, 0.25) is 0 Å². The van der Waals surface area contributed by atoms with Crippen molar-refractivity contribution in [2.24, 2.45) is 0 Å². The van der Waals surface area contributed by atoms with E-state index in [1.54, 1.807) is 6.92 Å². The van der Waals surface area contributed by atoms with Gasteiger partial charge in [0.25, 0.3) is 5.91 Å². The minimum Gasteiger partial charge on any atom is -0.481 e.